The van der Waals surface area contributed by atoms with Crippen molar-refractivity contribution >= 4 is 23.7 Å². The van der Waals surface area contributed by atoms with Crippen LogP contribution in [0.3, 0.4) is 0 Å². The third-order valence-electron chi connectivity index (χ3n) is 6.26. The van der Waals surface area contributed by atoms with Crippen molar-refractivity contribution in [1.82, 2.24) is 5.32 Å². The zero-order chi connectivity index (χ0) is 24.8. The lowest BCUT2D eigenvalue weighted by Crippen LogP contribution is -2.40. The molecule has 1 unspecified atom stereocenters. The second-order valence-corrected chi connectivity index (χ2v) is 8.47. The summed E-state index contributed by atoms with van der Waals surface area (Å²) in [7, 11) is 0. The first-order valence-corrected chi connectivity index (χ1v) is 11.7. The normalized spacial score (nSPS) is 12.8. The Morgan fingerprint density at radius 3 is 2.14 bits per heavy atom. The molecule has 3 aromatic rings. The van der Waals surface area contributed by atoms with Crippen molar-refractivity contribution in [2.24, 2.45) is 0 Å². The number of carboxylic acids is 1. The number of carbonyl (C=O) groups excluding carboxylic acids is 2. The van der Waals surface area contributed by atoms with Crippen molar-refractivity contribution in [3.8, 4) is 11.1 Å². The molecule has 0 bridgehead atoms. The van der Waals surface area contributed by atoms with Crippen LogP contribution in [-0.2, 0) is 20.7 Å². The number of hydrogen-bond acceptors (Lipinski definition) is 4. The Hall–Kier alpha value is -4.13. The lowest BCUT2D eigenvalue weighted by Gasteiger charge is -2.16. The number of amides is 2. The first-order chi connectivity index (χ1) is 17.0. The number of carboxylic acid groups (broad SMARTS) is 1. The molecule has 0 saturated carbocycles. The smallest absolute Gasteiger partial charge is 0.411 e. The van der Waals surface area contributed by atoms with Crippen LogP contribution in [0.15, 0.2) is 72.8 Å². The van der Waals surface area contributed by atoms with Gasteiger partial charge in [0, 0.05) is 18.0 Å². The number of carbonyl (C=O) groups is 3. The number of benzene rings is 3. The van der Waals surface area contributed by atoms with Crippen molar-refractivity contribution in [3.63, 3.8) is 0 Å². The summed E-state index contributed by atoms with van der Waals surface area (Å²) in [6.45, 7) is 1.91. The quantitative estimate of drug-likeness (QED) is 0.408. The molecule has 35 heavy (non-hydrogen) atoms. The maximum atomic E-state index is 12.7. The summed E-state index contributed by atoms with van der Waals surface area (Å²) in [5.41, 5.74) is 5.92. The van der Waals surface area contributed by atoms with E-state index >= 15 is 0 Å². The van der Waals surface area contributed by atoms with E-state index in [0.717, 1.165) is 27.8 Å². The van der Waals surface area contributed by atoms with Crippen molar-refractivity contribution in [1.29, 1.82) is 0 Å². The third kappa shape index (κ3) is 5.51. The number of para-hydroxylation sites is 1. The zero-order valence-corrected chi connectivity index (χ0v) is 19.5. The van der Waals surface area contributed by atoms with Crippen LogP contribution in [0.5, 0.6) is 0 Å². The van der Waals surface area contributed by atoms with Gasteiger partial charge < -0.3 is 15.2 Å². The van der Waals surface area contributed by atoms with E-state index in [1.807, 2.05) is 36.4 Å². The number of rotatable bonds is 9. The molecule has 2 amide bonds. The molecule has 0 spiro atoms. The van der Waals surface area contributed by atoms with E-state index in [1.165, 1.54) is 0 Å². The summed E-state index contributed by atoms with van der Waals surface area (Å²) >= 11 is 0. The number of aryl methyl sites for hydroxylation is 1. The molecular formula is C28H28N2O5. The first-order valence-electron chi connectivity index (χ1n) is 11.7. The Bertz CT molecular complexity index is 1190. The predicted octanol–water partition coefficient (Wildman–Crippen LogP) is 4.96. The number of nitrogens with one attached hydrogen (secondary N) is 2. The summed E-state index contributed by atoms with van der Waals surface area (Å²) in [6, 6.07) is 22.6. The molecule has 1 atom stereocenters. The van der Waals surface area contributed by atoms with Crippen molar-refractivity contribution in [3.05, 3.63) is 89.5 Å². The van der Waals surface area contributed by atoms with Gasteiger partial charge in [-0.2, -0.15) is 0 Å². The minimum atomic E-state index is -1.06. The fourth-order valence-electron chi connectivity index (χ4n) is 4.46. The Labute approximate surface area is 204 Å². The Morgan fingerprint density at radius 2 is 1.51 bits per heavy atom. The van der Waals surface area contributed by atoms with Gasteiger partial charge in [0.05, 0.1) is 0 Å². The highest BCUT2D eigenvalue weighted by Gasteiger charge is 2.29. The van der Waals surface area contributed by atoms with E-state index in [9.17, 15) is 14.4 Å². The van der Waals surface area contributed by atoms with Gasteiger partial charge in [-0.15, -0.1) is 0 Å². The van der Waals surface area contributed by atoms with E-state index in [1.54, 1.807) is 19.1 Å². The van der Waals surface area contributed by atoms with Crippen LogP contribution in [0.25, 0.3) is 11.1 Å². The predicted molar refractivity (Wildman–Crippen MR) is 133 cm³/mol. The number of aliphatic carboxylic acids is 1. The highest BCUT2D eigenvalue weighted by molar-refractivity contribution is 5.87. The second kappa shape index (κ2) is 10.9. The number of ether oxygens (including phenoxy) is 1. The van der Waals surface area contributed by atoms with Crippen molar-refractivity contribution in [2.75, 3.05) is 11.9 Å². The fourth-order valence-corrected chi connectivity index (χ4v) is 4.46. The van der Waals surface area contributed by atoms with E-state index in [-0.39, 0.29) is 24.9 Å². The van der Waals surface area contributed by atoms with E-state index in [0.29, 0.717) is 18.5 Å². The molecule has 3 N–H and O–H groups in total. The van der Waals surface area contributed by atoms with Gasteiger partial charge in [-0.05, 0) is 46.7 Å². The minimum absolute atomic E-state index is 0.0344. The SMILES string of the molecule is CCC(NC(=O)CCc1ccccc1NC(=O)OCC1c2ccccc2-c2ccccc21)C(=O)O. The number of fused-ring (bicyclic) bond motifs is 3. The molecule has 1 aliphatic carbocycles. The minimum Gasteiger partial charge on any atom is -0.480 e. The van der Waals surface area contributed by atoms with Gasteiger partial charge in [0.25, 0.3) is 0 Å². The lowest BCUT2D eigenvalue weighted by molar-refractivity contribution is -0.141. The Morgan fingerprint density at radius 1 is 0.914 bits per heavy atom. The average molecular weight is 473 g/mol. The lowest BCUT2D eigenvalue weighted by atomic mass is 9.98. The summed E-state index contributed by atoms with van der Waals surface area (Å²) in [4.78, 5) is 36.0. The van der Waals surface area contributed by atoms with Crippen LogP contribution in [0.4, 0.5) is 10.5 Å². The van der Waals surface area contributed by atoms with Gasteiger partial charge in [0.15, 0.2) is 0 Å². The molecule has 0 saturated heterocycles. The van der Waals surface area contributed by atoms with Crippen LogP contribution in [0.2, 0.25) is 0 Å². The molecule has 0 aromatic heterocycles. The third-order valence-corrected chi connectivity index (χ3v) is 6.26. The molecule has 4 rings (SSSR count). The molecule has 3 aromatic carbocycles. The molecule has 0 aliphatic heterocycles. The highest BCUT2D eigenvalue weighted by Crippen LogP contribution is 2.44. The number of hydrogen-bond donors (Lipinski definition) is 3. The van der Waals surface area contributed by atoms with Gasteiger partial charge >= 0.3 is 12.1 Å². The molecule has 0 fully saturated rings. The Kier molecular flexibility index (Phi) is 7.45. The summed E-state index contributed by atoms with van der Waals surface area (Å²) < 4.78 is 5.62. The van der Waals surface area contributed by atoms with Gasteiger partial charge in [0.2, 0.25) is 5.91 Å². The maximum absolute atomic E-state index is 12.7. The fraction of sp³-hybridized carbons (Fsp3) is 0.250. The van der Waals surface area contributed by atoms with Crippen molar-refractivity contribution in [2.45, 2.75) is 38.1 Å². The summed E-state index contributed by atoms with van der Waals surface area (Å²) in [5.74, 6) is -1.44. The molecule has 0 heterocycles. The van der Waals surface area contributed by atoms with Gasteiger partial charge in [-0.1, -0.05) is 73.7 Å². The summed E-state index contributed by atoms with van der Waals surface area (Å²) in [6.07, 6.45) is 0.191. The monoisotopic (exact) mass is 472 g/mol. The van der Waals surface area contributed by atoms with Crippen LogP contribution < -0.4 is 10.6 Å². The molecule has 7 heteroatoms. The molecular weight excluding hydrogens is 444 g/mol. The van der Waals surface area contributed by atoms with Crippen LogP contribution >= 0.6 is 0 Å². The maximum Gasteiger partial charge on any atom is 0.411 e. The molecule has 0 radical (unpaired) electrons. The number of anilines is 1. The highest BCUT2D eigenvalue weighted by atomic mass is 16.5. The van der Waals surface area contributed by atoms with Gasteiger partial charge in [-0.3, -0.25) is 10.1 Å². The van der Waals surface area contributed by atoms with Crippen LogP contribution in [-0.4, -0.2) is 35.7 Å². The largest absolute Gasteiger partial charge is 0.480 e. The molecule has 7 nitrogen and oxygen atoms in total. The van der Waals surface area contributed by atoms with Gasteiger partial charge in [-0.25, -0.2) is 9.59 Å². The van der Waals surface area contributed by atoms with Crippen LogP contribution in [0, 0.1) is 0 Å². The van der Waals surface area contributed by atoms with Crippen molar-refractivity contribution < 1.29 is 24.2 Å². The Balaban J connectivity index is 1.37. The first kappa shape index (κ1) is 24.0. The van der Waals surface area contributed by atoms with E-state index < -0.39 is 18.1 Å². The molecule has 180 valence electrons. The summed E-state index contributed by atoms with van der Waals surface area (Å²) in [5, 5.41) is 14.4. The average Bonchev–Trinajstić information content (AvgIpc) is 3.19. The standard InChI is InChI=1S/C28H28N2O5/c1-2-24(27(32)33)29-26(31)16-15-18-9-3-8-14-25(18)30-28(34)35-17-23-21-12-6-4-10-19(21)20-11-5-7-13-22(20)23/h3-14,23-24H,2,15-17H2,1H3,(H,29,31)(H,30,34)(H,32,33). The zero-order valence-electron chi connectivity index (χ0n) is 19.5. The molecule has 1 aliphatic rings. The second-order valence-electron chi connectivity index (χ2n) is 8.47. The van der Waals surface area contributed by atoms with Crippen LogP contribution in [0.1, 0.15) is 42.4 Å². The topological polar surface area (TPSA) is 105 Å². The van der Waals surface area contributed by atoms with E-state index in [4.69, 9.17) is 9.84 Å². The van der Waals surface area contributed by atoms with Gasteiger partial charge in [0.1, 0.15) is 12.6 Å². The van der Waals surface area contributed by atoms with E-state index in [2.05, 4.69) is 34.9 Å².